The number of aromatic nitrogens is 2. The zero-order chi connectivity index (χ0) is 14.6. The van der Waals surface area contributed by atoms with Crippen LogP contribution in [0.25, 0.3) is 0 Å². The summed E-state index contributed by atoms with van der Waals surface area (Å²) >= 11 is 0. The maximum Gasteiger partial charge on any atom is 0.274 e. The van der Waals surface area contributed by atoms with Crippen molar-refractivity contribution in [2.24, 2.45) is 0 Å². The fraction of sp³-hybridized carbons (Fsp3) is 0.333. The Bertz CT molecular complexity index is 664. The highest BCUT2D eigenvalue weighted by Gasteiger charge is 2.18. The zero-order valence-corrected chi connectivity index (χ0v) is 12.1. The SMILES string of the molecule is CNCc1ccc(S(=O)(=O)NCc2cnc(C)cn2)o1. The van der Waals surface area contributed by atoms with Crippen LogP contribution in [0.2, 0.25) is 0 Å². The Morgan fingerprint density at radius 1 is 1.20 bits per heavy atom. The lowest BCUT2D eigenvalue weighted by molar-refractivity contribution is 0.404. The second kappa shape index (κ2) is 6.12. The van der Waals surface area contributed by atoms with Gasteiger partial charge in [0.1, 0.15) is 5.76 Å². The molecule has 0 fully saturated rings. The van der Waals surface area contributed by atoms with E-state index in [1.165, 1.54) is 12.3 Å². The first-order chi connectivity index (χ1) is 9.51. The fourth-order valence-corrected chi connectivity index (χ4v) is 2.47. The summed E-state index contributed by atoms with van der Waals surface area (Å²) in [4.78, 5) is 8.13. The van der Waals surface area contributed by atoms with Gasteiger partial charge in [-0.15, -0.1) is 0 Å². The number of nitrogens with zero attached hydrogens (tertiary/aromatic N) is 2. The molecule has 0 saturated heterocycles. The molecule has 8 heteroatoms. The van der Waals surface area contributed by atoms with E-state index < -0.39 is 10.0 Å². The van der Waals surface area contributed by atoms with Crippen LogP contribution >= 0.6 is 0 Å². The van der Waals surface area contributed by atoms with Gasteiger partial charge in [0.05, 0.1) is 30.7 Å². The topological polar surface area (TPSA) is 97.1 Å². The van der Waals surface area contributed by atoms with E-state index in [-0.39, 0.29) is 11.6 Å². The third-order valence-electron chi connectivity index (χ3n) is 2.53. The summed E-state index contributed by atoms with van der Waals surface area (Å²) in [6.07, 6.45) is 3.12. The van der Waals surface area contributed by atoms with Gasteiger partial charge in [0.2, 0.25) is 5.09 Å². The lowest BCUT2D eigenvalue weighted by Crippen LogP contribution is -2.23. The van der Waals surface area contributed by atoms with Gasteiger partial charge in [-0.1, -0.05) is 0 Å². The molecule has 7 nitrogen and oxygen atoms in total. The Balaban J connectivity index is 2.04. The van der Waals surface area contributed by atoms with Gasteiger partial charge >= 0.3 is 0 Å². The van der Waals surface area contributed by atoms with Gasteiger partial charge in [-0.25, -0.2) is 13.1 Å². The average molecular weight is 296 g/mol. The second-order valence-electron chi connectivity index (χ2n) is 4.22. The third-order valence-corrected chi connectivity index (χ3v) is 3.80. The molecule has 0 bridgehead atoms. The summed E-state index contributed by atoms with van der Waals surface area (Å²) in [5.41, 5.74) is 1.32. The van der Waals surface area contributed by atoms with Gasteiger partial charge in [0.25, 0.3) is 10.0 Å². The van der Waals surface area contributed by atoms with Crippen LogP contribution in [0, 0.1) is 6.92 Å². The van der Waals surface area contributed by atoms with Crippen LogP contribution in [0.15, 0.2) is 34.0 Å². The maximum atomic E-state index is 12.0. The lowest BCUT2D eigenvalue weighted by Gasteiger charge is -2.04. The Kier molecular flexibility index (Phi) is 4.48. The molecule has 108 valence electrons. The Morgan fingerprint density at radius 2 is 2.00 bits per heavy atom. The van der Waals surface area contributed by atoms with Gasteiger partial charge in [-0.2, -0.15) is 0 Å². The van der Waals surface area contributed by atoms with E-state index in [2.05, 4.69) is 20.0 Å². The first kappa shape index (κ1) is 14.6. The minimum Gasteiger partial charge on any atom is -0.447 e. The van der Waals surface area contributed by atoms with Crippen molar-refractivity contribution in [3.05, 3.63) is 41.7 Å². The van der Waals surface area contributed by atoms with Crippen molar-refractivity contribution in [1.82, 2.24) is 20.0 Å². The van der Waals surface area contributed by atoms with Crippen LogP contribution in [0.3, 0.4) is 0 Å². The molecule has 2 rings (SSSR count). The van der Waals surface area contributed by atoms with Crippen LogP contribution in [0.4, 0.5) is 0 Å². The first-order valence-electron chi connectivity index (χ1n) is 6.02. The molecule has 0 amide bonds. The molecule has 0 saturated carbocycles. The van der Waals surface area contributed by atoms with E-state index in [0.29, 0.717) is 18.0 Å². The lowest BCUT2D eigenvalue weighted by atomic mass is 10.4. The van der Waals surface area contributed by atoms with Crippen molar-refractivity contribution < 1.29 is 12.8 Å². The van der Waals surface area contributed by atoms with E-state index in [0.717, 1.165) is 5.69 Å². The molecular weight excluding hydrogens is 280 g/mol. The van der Waals surface area contributed by atoms with Gasteiger partial charge in [0.15, 0.2) is 0 Å². The summed E-state index contributed by atoms with van der Waals surface area (Å²) in [6.45, 7) is 2.35. The van der Waals surface area contributed by atoms with Crippen molar-refractivity contribution in [3.8, 4) is 0 Å². The van der Waals surface area contributed by atoms with E-state index in [1.807, 2.05) is 6.92 Å². The van der Waals surface area contributed by atoms with E-state index in [1.54, 1.807) is 19.3 Å². The molecule has 0 atom stereocenters. The Morgan fingerprint density at radius 3 is 2.65 bits per heavy atom. The quantitative estimate of drug-likeness (QED) is 0.809. The number of aryl methyl sites for hydroxylation is 1. The molecule has 20 heavy (non-hydrogen) atoms. The highest BCUT2D eigenvalue weighted by atomic mass is 32.2. The second-order valence-corrected chi connectivity index (χ2v) is 5.92. The van der Waals surface area contributed by atoms with Crippen LogP contribution in [0.1, 0.15) is 17.1 Å². The highest BCUT2D eigenvalue weighted by Crippen LogP contribution is 2.13. The molecule has 2 heterocycles. The summed E-state index contributed by atoms with van der Waals surface area (Å²) in [6, 6.07) is 3.05. The molecule has 2 aromatic rings. The van der Waals surface area contributed by atoms with Crippen LogP contribution in [-0.2, 0) is 23.1 Å². The molecule has 0 spiro atoms. The monoisotopic (exact) mass is 296 g/mol. The summed E-state index contributed by atoms with van der Waals surface area (Å²) in [5.74, 6) is 0.558. The van der Waals surface area contributed by atoms with E-state index in [4.69, 9.17) is 4.42 Å². The largest absolute Gasteiger partial charge is 0.447 e. The van der Waals surface area contributed by atoms with Crippen molar-refractivity contribution >= 4 is 10.0 Å². The van der Waals surface area contributed by atoms with E-state index in [9.17, 15) is 8.42 Å². The minimum absolute atomic E-state index is 0.0671. The van der Waals surface area contributed by atoms with Gasteiger partial charge < -0.3 is 9.73 Å². The Labute approximate surface area is 117 Å². The smallest absolute Gasteiger partial charge is 0.274 e. The predicted molar refractivity (Wildman–Crippen MR) is 72.3 cm³/mol. The molecular formula is C12H16N4O3S. The van der Waals surface area contributed by atoms with Crippen molar-refractivity contribution in [3.63, 3.8) is 0 Å². The van der Waals surface area contributed by atoms with Gasteiger partial charge in [0, 0.05) is 6.20 Å². The number of sulfonamides is 1. The molecule has 0 aliphatic heterocycles. The molecule has 0 unspecified atom stereocenters. The number of nitrogens with one attached hydrogen (secondary N) is 2. The van der Waals surface area contributed by atoms with Gasteiger partial charge in [-0.05, 0) is 26.1 Å². The standard InChI is InChI=1S/C12H16N4O3S/c1-9-5-15-10(6-14-9)7-16-20(17,18)12-4-3-11(19-12)8-13-2/h3-6,13,16H,7-8H2,1-2H3. The highest BCUT2D eigenvalue weighted by molar-refractivity contribution is 7.89. The van der Waals surface area contributed by atoms with Crippen LogP contribution in [-0.4, -0.2) is 25.4 Å². The zero-order valence-electron chi connectivity index (χ0n) is 11.3. The van der Waals surface area contributed by atoms with Crippen LogP contribution < -0.4 is 10.0 Å². The molecule has 0 radical (unpaired) electrons. The van der Waals surface area contributed by atoms with Crippen LogP contribution in [0.5, 0.6) is 0 Å². The summed E-state index contributed by atoms with van der Waals surface area (Å²) in [5, 5.41) is 2.78. The van der Waals surface area contributed by atoms with E-state index >= 15 is 0 Å². The maximum absolute atomic E-state index is 12.0. The molecule has 0 aliphatic rings. The number of hydrogen-bond acceptors (Lipinski definition) is 6. The van der Waals surface area contributed by atoms with Crippen molar-refractivity contribution in [1.29, 1.82) is 0 Å². The number of rotatable bonds is 6. The fourth-order valence-electron chi connectivity index (χ4n) is 1.52. The first-order valence-corrected chi connectivity index (χ1v) is 7.50. The van der Waals surface area contributed by atoms with Gasteiger partial charge in [-0.3, -0.25) is 9.97 Å². The predicted octanol–water partition coefficient (Wildman–Crippen LogP) is 0.576. The normalized spacial score (nSPS) is 11.7. The third kappa shape index (κ3) is 3.62. The molecule has 0 aliphatic carbocycles. The summed E-state index contributed by atoms with van der Waals surface area (Å²) in [7, 11) is -1.92. The molecule has 2 aromatic heterocycles. The summed E-state index contributed by atoms with van der Waals surface area (Å²) < 4.78 is 31.7. The molecule has 0 aromatic carbocycles. The Hall–Kier alpha value is -1.77. The van der Waals surface area contributed by atoms with Crippen molar-refractivity contribution in [2.45, 2.75) is 25.1 Å². The number of hydrogen-bond donors (Lipinski definition) is 2. The molecule has 2 N–H and O–H groups in total. The minimum atomic E-state index is -3.68. The number of furan rings is 1. The van der Waals surface area contributed by atoms with Crippen molar-refractivity contribution in [2.75, 3.05) is 7.05 Å². The average Bonchev–Trinajstić information content (AvgIpc) is 2.88.